The van der Waals surface area contributed by atoms with E-state index in [2.05, 4.69) is 15.0 Å². The lowest BCUT2D eigenvalue weighted by atomic mass is 10.3. The maximum Gasteiger partial charge on any atom is 0.327 e. The largest absolute Gasteiger partial charge is 0.480 e. The molecule has 0 aliphatic carbocycles. The highest BCUT2D eigenvalue weighted by atomic mass is 32.2. The van der Waals surface area contributed by atoms with Gasteiger partial charge in [-0.05, 0) is 12.1 Å². The van der Waals surface area contributed by atoms with E-state index in [0.29, 0.717) is 5.69 Å². The predicted octanol–water partition coefficient (Wildman–Crippen LogP) is 2.01. The first-order valence-corrected chi connectivity index (χ1v) is 6.12. The fourth-order valence-electron chi connectivity index (χ4n) is 1.10. The Bertz CT molecular complexity index is 436. The Balaban J connectivity index is 2.41. The second kappa shape index (κ2) is 7.44. The zero-order valence-corrected chi connectivity index (χ0v) is 10.6. The predicted molar refractivity (Wildman–Crippen MR) is 68.7 cm³/mol. The Labute approximate surface area is 109 Å². The van der Waals surface area contributed by atoms with Crippen LogP contribution in [0.3, 0.4) is 0 Å². The van der Waals surface area contributed by atoms with Crippen LogP contribution in [-0.2, 0) is 9.59 Å². The summed E-state index contributed by atoms with van der Waals surface area (Å²) in [7, 11) is 0. The summed E-state index contributed by atoms with van der Waals surface area (Å²) in [6.07, 6.45) is 0. The first kappa shape index (κ1) is 14.2. The number of carboxylic acid groups (broad SMARTS) is 1. The minimum Gasteiger partial charge on any atom is -0.480 e. The molecule has 0 heterocycles. The molecule has 0 fully saturated rings. The third-order valence-electron chi connectivity index (χ3n) is 1.89. The van der Waals surface area contributed by atoms with Crippen LogP contribution in [0.1, 0.15) is 6.92 Å². The summed E-state index contributed by atoms with van der Waals surface area (Å²) in [5.41, 5.74) is 0.691. The second-order valence-corrected chi connectivity index (χ2v) is 4.16. The number of amides is 1. The van der Waals surface area contributed by atoms with Crippen LogP contribution in [0.15, 0.2) is 40.0 Å². The van der Waals surface area contributed by atoms with Crippen molar-refractivity contribution in [1.82, 2.24) is 5.32 Å². The number of carbonyl (C=O) groups is 2. The first-order valence-electron chi connectivity index (χ1n) is 5.17. The monoisotopic (exact) mass is 267 g/mol. The molecule has 6 nitrogen and oxygen atoms in total. The van der Waals surface area contributed by atoms with Crippen molar-refractivity contribution >= 4 is 29.5 Å². The van der Waals surface area contributed by atoms with Gasteiger partial charge in [0.15, 0.2) is 0 Å². The van der Waals surface area contributed by atoms with Crippen molar-refractivity contribution in [3.63, 3.8) is 0 Å². The summed E-state index contributed by atoms with van der Waals surface area (Å²) in [6.45, 7) is 1.27. The third-order valence-corrected chi connectivity index (χ3v) is 2.57. The molecule has 1 aromatic rings. The van der Waals surface area contributed by atoms with Crippen molar-refractivity contribution in [2.75, 3.05) is 5.75 Å². The topological polar surface area (TPSA) is 91.1 Å². The maximum atomic E-state index is 10.8. The first-order chi connectivity index (χ1) is 8.59. The van der Waals surface area contributed by atoms with Crippen molar-refractivity contribution in [2.45, 2.75) is 13.0 Å². The van der Waals surface area contributed by atoms with Crippen molar-refractivity contribution in [1.29, 1.82) is 0 Å². The van der Waals surface area contributed by atoms with Crippen LogP contribution in [-0.4, -0.2) is 28.8 Å². The number of rotatable bonds is 6. The molecule has 0 aliphatic heterocycles. The van der Waals surface area contributed by atoms with Crippen molar-refractivity contribution in [3.8, 4) is 0 Å². The number of aliphatic carboxylic acids is 1. The highest BCUT2D eigenvalue weighted by molar-refractivity contribution is 7.97. The molecule has 0 aliphatic rings. The van der Waals surface area contributed by atoms with Gasteiger partial charge in [0.1, 0.15) is 6.04 Å². The van der Waals surface area contributed by atoms with Gasteiger partial charge >= 0.3 is 5.97 Å². The van der Waals surface area contributed by atoms with Crippen molar-refractivity contribution in [2.24, 2.45) is 9.63 Å². The van der Waals surface area contributed by atoms with Gasteiger partial charge < -0.3 is 10.4 Å². The van der Waals surface area contributed by atoms with Gasteiger partial charge in [-0.3, -0.25) is 4.79 Å². The molecule has 0 aromatic heterocycles. The van der Waals surface area contributed by atoms with Crippen LogP contribution in [0.2, 0.25) is 0 Å². The van der Waals surface area contributed by atoms with E-state index in [1.807, 2.05) is 18.2 Å². The number of carbonyl (C=O) groups excluding carboxylic acids is 1. The summed E-state index contributed by atoms with van der Waals surface area (Å²) in [5.74, 6) is -1.35. The average Bonchev–Trinajstić information content (AvgIpc) is 2.33. The second-order valence-electron chi connectivity index (χ2n) is 3.40. The molecule has 0 bridgehead atoms. The number of nitrogens with one attached hydrogen (secondary N) is 1. The van der Waals surface area contributed by atoms with E-state index < -0.39 is 12.0 Å². The van der Waals surface area contributed by atoms with Crippen molar-refractivity contribution < 1.29 is 14.7 Å². The summed E-state index contributed by atoms with van der Waals surface area (Å²) in [5, 5.41) is 15.1. The summed E-state index contributed by atoms with van der Waals surface area (Å²) < 4.78 is 3.80. The molecule has 1 aromatic carbocycles. The highest BCUT2D eigenvalue weighted by Gasteiger charge is 2.17. The smallest absolute Gasteiger partial charge is 0.327 e. The Hall–Kier alpha value is -1.89. The zero-order valence-electron chi connectivity index (χ0n) is 9.74. The van der Waals surface area contributed by atoms with Crippen LogP contribution in [0.4, 0.5) is 5.69 Å². The van der Waals surface area contributed by atoms with Gasteiger partial charge in [0.2, 0.25) is 5.91 Å². The average molecular weight is 267 g/mol. The molecule has 96 valence electrons. The molecule has 7 heteroatoms. The van der Waals surface area contributed by atoms with Gasteiger partial charge in [-0.2, -0.15) is 0 Å². The number of hydrogen-bond donors (Lipinski definition) is 2. The quantitative estimate of drug-likeness (QED) is 0.609. The van der Waals surface area contributed by atoms with Gasteiger partial charge in [0, 0.05) is 24.6 Å². The number of nitrogens with zero attached hydrogens (tertiary/aromatic N) is 2. The lowest BCUT2D eigenvalue weighted by Crippen LogP contribution is -2.41. The lowest BCUT2D eigenvalue weighted by molar-refractivity contribution is -0.140. The van der Waals surface area contributed by atoms with E-state index in [0.717, 1.165) is 11.9 Å². The molecule has 0 saturated heterocycles. The van der Waals surface area contributed by atoms with Gasteiger partial charge in [-0.1, -0.05) is 18.2 Å². The van der Waals surface area contributed by atoms with Gasteiger partial charge in [-0.25, -0.2) is 4.79 Å². The van der Waals surface area contributed by atoms with E-state index in [4.69, 9.17) is 5.11 Å². The van der Waals surface area contributed by atoms with Crippen LogP contribution >= 0.6 is 11.9 Å². The summed E-state index contributed by atoms with van der Waals surface area (Å²) in [4.78, 5) is 21.6. The fraction of sp³-hybridized carbons (Fsp3) is 0.273. The highest BCUT2D eigenvalue weighted by Crippen LogP contribution is 2.14. The normalized spacial score (nSPS) is 12.3. The maximum absolute atomic E-state index is 10.8. The Kier molecular flexibility index (Phi) is 5.86. The van der Waals surface area contributed by atoms with Gasteiger partial charge in [0.25, 0.3) is 0 Å². The number of benzene rings is 1. The molecular weight excluding hydrogens is 254 g/mol. The molecule has 0 radical (unpaired) electrons. The van der Waals surface area contributed by atoms with E-state index in [1.165, 1.54) is 6.92 Å². The van der Waals surface area contributed by atoms with Gasteiger partial charge in [-0.15, -0.1) is 9.63 Å². The van der Waals surface area contributed by atoms with Crippen LogP contribution in [0, 0.1) is 0 Å². The molecule has 18 heavy (non-hydrogen) atoms. The molecular formula is C11H13N3O3S. The molecule has 1 unspecified atom stereocenters. The third kappa shape index (κ3) is 5.44. The Morgan fingerprint density at radius 2 is 2.06 bits per heavy atom. The molecule has 0 spiro atoms. The molecule has 1 amide bonds. The number of carboxylic acids is 1. The van der Waals surface area contributed by atoms with Crippen LogP contribution in [0.5, 0.6) is 0 Å². The number of hydrogen-bond acceptors (Lipinski definition) is 5. The van der Waals surface area contributed by atoms with E-state index in [1.54, 1.807) is 12.1 Å². The van der Waals surface area contributed by atoms with Crippen LogP contribution in [0.25, 0.3) is 0 Å². The lowest BCUT2D eigenvalue weighted by Gasteiger charge is -2.10. The van der Waals surface area contributed by atoms with E-state index in [-0.39, 0.29) is 11.7 Å². The Morgan fingerprint density at radius 3 is 2.61 bits per heavy atom. The Morgan fingerprint density at radius 1 is 1.39 bits per heavy atom. The minimum atomic E-state index is -1.09. The van der Waals surface area contributed by atoms with Crippen molar-refractivity contribution in [3.05, 3.63) is 30.3 Å². The summed E-state index contributed by atoms with van der Waals surface area (Å²) >= 11 is 0.989. The SMILES string of the molecule is CC(=O)NC(CSN=Nc1ccccc1)C(=O)O. The standard InChI is InChI=1S/C11H13N3O3S/c1-8(15)12-10(11(16)17)7-18-14-13-9-5-3-2-4-6-9/h2-6,10H,7H2,1H3,(H,12,15)(H,16,17). The van der Waals surface area contributed by atoms with E-state index >= 15 is 0 Å². The molecule has 1 rings (SSSR count). The summed E-state index contributed by atoms with van der Waals surface area (Å²) in [6, 6.07) is 8.14. The molecule has 1 atom stereocenters. The fourth-order valence-corrected chi connectivity index (χ4v) is 1.69. The molecule has 0 saturated carbocycles. The van der Waals surface area contributed by atoms with E-state index in [9.17, 15) is 9.59 Å². The van der Waals surface area contributed by atoms with Gasteiger partial charge in [0.05, 0.1) is 5.69 Å². The minimum absolute atomic E-state index is 0.130. The zero-order chi connectivity index (χ0) is 13.4. The van der Waals surface area contributed by atoms with Crippen LogP contribution < -0.4 is 5.32 Å². The molecule has 2 N–H and O–H groups in total.